The summed E-state index contributed by atoms with van der Waals surface area (Å²) in [6.07, 6.45) is 4.88. The number of amides is 1. The SMILES string of the molecule is CC(C)c1cnc(-c2cc(Cl)ccc2F)nc1Nc1ccncc1C(=O)N1CCN[C@@H](C(C)C)C1. The smallest absolute Gasteiger partial charge is 0.257 e. The number of carbonyl (C=O) groups is 1. The second-order valence-electron chi connectivity index (χ2n) is 9.38. The minimum Gasteiger partial charge on any atom is -0.339 e. The normalized spacial score (nSPS) is 16.1. The predicted molar refractivity (Wildman–Crippen MR) is 137 cm³/mol. The van der Waals surface area contributed by atoms with Crippen molar-refractivity contribution in [3.05, 3.63) is 64.8 Å². The second-order valence-corrected chi connectivity index (χ2v) is 9.81. The minimum absolute atomic E-state index is 0.0889. The molecule has 3 aromatic rings. The van der Waals surface area contributed by atoms with E-state index in [4.69, 9.17) is 11.6 Å². The molecule has 0 saturated carbocycles. The van der Waals surface area contributed by atoms with Crippen LogP contribution in [-0.4, -0.2) is 51.4 Å². The lowest BCUT2D eigenvalue weighted by Crippen LogP contribution is -2.54. The van der Waals surface area contributed by atoms with E-state index in [0.717, 1.165) is 12.1 Å². The molecule has 0 unspecified atom stereocenters. The molecule has 1 aromatic carbocycles. The van der Waals surface area contributed by atoms with Gasteiger partial charge in [0.25, 0.3) is 5.91 Å². The van der Waals surface area contributed by atoms with Crippen molar-refractivity contribution < 1.29 is 9.18 Å². The van der Waals surface area contributed by atoms with Crippen molar-refractivity contribution in [3.8, 4) is 11.4 Å². The molecular formula is C26H30ClFN6O. The second kappa shape index (κ2) is 10.7. The van der Waals surface area contributed by atoms with E-state index in [1.165, 1.54) is 18.2 Å². The average molecular weight is 497 g/mol. The third kappa shape index (κ3) is 5.60. The standard InChI is InChI=1S/C26H30ClFN6O/c1-15(2)19-13-31-24(18-11-17(27)5-6-21(18)28)33-25(19)32-22-7-8-29-12-20(22)26(35)34-10-9-30-23(14-34)16(3)4/h5-8,11-13,15-16,23,30H,9-10,14H2,1-4H3,(H,29,31,32,33)/t23-/m1/s1. The first-order valence-electron chi connectivity index (χ1n) is 11.8. The van der Waals surface area contributed by atoms with Crippen LogP contribution in [-0.2, 0) is 0 Å². The number of piperazine rings is 1. The summed E-state index contributed by atoms with van der Waals surface area (Å²) in [6, 6.07) is 6.27. The lowest BCUT2D eigenvalue weighted by molar-refractivity contribution is 0.0684. The summed E-state index contributed by atoms with van der Waals surface area (Å²) in [5.74, 6) is 0.671. The number of hydrogen-bond acceptors (Lipinski definition) is 6. The molecule has 7 nitrogen and oxygen atoms in total. The number of pyridine rings is 1. The maximum absolute atomic E-state index is 14.5. The van der Waals surface area contributed by atoms with Gasteiger partial charge in [-0.1, -0.05) is 39.3 Å². The molecule has 0 aliphatic carbocycles. The lowest BCUT2D eigenvalue weighted by Gasteiger charge is -2.36. The first-order chi connectivity index (χ1) is 16.7. The molecule has 3 heterocycles. The molecule has 2 aromatic heterocycles. The number of aromatic nitrogens is 3. The average Bonchev–Trinajstić information content (AvgIpc) is 2.85. The van der Waals surface area contributed by atoms with Crippen LogP contribution in [0.15, 0.2) is 42.9 Å². The van der Waals surface area contributed by atoms with Gasteiger partial charge >= 0.3 is 0 Å². The van der Waals surface area contributed by atoms with E-state index in [-0.39, 0.29) is 29.3 Å². The summed E-state index contributed by atoms with van der Waals surface area (Å²) in [6.45, 7) is 10.3. The molecule has 1 aliphatic rings. The van der Waals surface area contributed by atoms with Gasteiger partial charge in [0.15, 0.2) is 5.82 Å². The van der Waals surface area contributed by atoms with E-state index in [0.29, 0.717) is 41.1 Å². The number of anilines is 2. The molecule has 1 aliphatic heterocycles. The highest BCUT2D eigenvalue weighted by Crippen LogP contribution is 2.31. The van der Waals surface area contributed by atoms with Gasteiger partial charge in [-0.25, -0.2) is 14.4 Å². The van der Waals surface area contributed by atoms with Gasteiger partial charge in [0.05, 0.1) is 16.8 Å². The number of carbonyl (C=O) groups excluding carboxylic acids is 1. The summed E-state index contributed by atoms with van der Waals surface area (Å²) in [7, 11) is 0. The Balaban J connectivity index is 1.69. The molecule has 1 atom stereocenters. The molecule has 35 heavy (non-hydrogen) atoms. The van der Waals surface area contributed by atoms with Gasteiger partial charge in [-0.15, -0.1) is 0 Å². The van der Waals surface area contributed by atoms with Crippen LogP contribution < -0.4 is 10.6 Å². The summed E-state index contributed by atoms with van der Waals surface area (Å²) in [5, 5.41) is 7.18. The van der Waals surface area contributed by atoms with Crippen molar-refractivity contribution in [1.29, 1.82) is 0 Å². The Morgan fingerprint density at radius 3 is 2.77 bits per heavy atom. The highest BCUT2D eigenvalue weighted by Gasteiger charge is 2.27. The highest BCUT2D eigenvalue weighted by atomic mass is 35.5. The maximum Gasteiger partial charge on any atom is 0.257 e. The summed E-state index contributed by atoms with van der Waals surface area (Å²) < 4.78 is 14.5. The fraction of sp³-hybridized carbons (Fsp3) is 0.385. The lowest BCUT2D eigenvalue weighted by atomic mass is 10.0. The van der Waals surface area contributed by atoms with Gasteiger partial charge in [-0.2, -0.15) is 0 Å². The van der Waals surface area contributed by atoms with Gasteiger partial charge in [-0.3, -0.25) is 9.78 Å². The van der Waals surface area contributed by atoms with Gasteiger partial charge in [0.2, 0.25) is 0 Å². The Morgan fingerprint density at radius 1 is 1.23 bits per heavy atom. The van der Waals surface area contributed by atoms with Crippen LogP contribution in [0.2, 0.25) is 5.02 Å². The molecule has 0 spiro atoms. The van der Waals surface area contributed by atoms with Crippen LogP contribution in [0.5, 0.6) is 0 Å². The van der Waals surface area contributed by atoms with Crippen molar-refractivity contribution in [1.82, 2.24) is 25.2 Å². The quantitative estimate of drug-likeness (QED) is 0.484. The topological polar surface area (TPSA) is 83.0 Å². The van der Waals surface area contributed by atoms with Crippen LogP contribution in [0.3, 0.4) is 0 Å². The van der Waals surface area contributed by atoms with E-state index in [9.17, 15) is 9.18 Å². The van der Waals surface area contributed by atoms with E-state index in [2.05, 4.69) is 39.4 Å². The Morgan fingerprint density at radius 2 is 2.03 bits per heavy atom. The molecule has 1 fully saturated rings. The van der Waals surface area contributed by atoms with Crippen LogP contribution in [0.4, 0.5) is 15.9 Å². The number of hydrogen-bond donors (Lipinski definition) is 2. The van der Waals surface area contributed by atoms with Crippen molar-refractivity contribution in [2.24, 2.45) is 5.92 Å². The molecular weight excluding hydrogens is 467 g/mol. The van der Waals surface area contributed by atoms with Crippen LogP contribution in [0.25, 0.3) is 11.4 Å². The third-order valence-electron chi connectivity index (χ3n) is 6.21. The van der Waals surface area contributed by atoms with Crippen molar-refractivity contribution in [2.75, 3.05) is 25.0 Å². The zero-order valence-electron chi connectivity index (χ0n) is 20.3. The van der Waals surface area contributed by atoms with E-state index >= 15 is 0 Å². The van der Waals surface area contributed by atoms with Crippen molar-refractivity contribution in [2.45, 2.75) is 39.7 Å². The number of halogens is 2. The first-order valence-corrected chi connectivity index (χ1v) is 12.2. The van der Waals surface area contributed by atoms with Gasteiger partial charge < -0.3 is 15.5 Å². The molecule has 0 bridgehead atoms. The minimum atomic E-state index is -0.462. The van der Waals surface area contributed by atoms with Crippen LogP contribution in [0.1, 0.15) is 49.5 Å². The van der Waals surface area contributed by atoms with E-state index < -0.39 is 5.82 Å². The van der Waals surface area contributed by atoms with Gasteiger partial charge in [-0.05, 0) is 36.1 Å². The summed E-state index contributed by atoms with van der Waals surface area (Å²) in [4.78, 5) is 28.6. The highest BCUT2D eigenvalue weighted by molar-refractivity contribution is 6.30. The number of nitrogens with one attached hydrogen (secondary N) is 2. The van der Waals surface area contributed by atoms with Gasteiger partial charge in [0.1, 0.15) is 11.6 Å². The zero-order chi connectivity index (χ0) is 25.1. The maximum atomic E-state index is 14.5. The molecule has 1 amide bonds. The number of benzene rings is 1. The molecule has 4 rings (SSSR count). The fourth-order valence-electron chi connectivity index (χ4n) is 4.09. The summed E-state index contributed by atoms with van der Waals surface area (Å²) in [5.41, 5.74) is 2.10. The summed E-state index contributed by atoms with van der Waals surface area (Å²) >= 11 is 6.09. The van der Waals surface area contributed by atoms with Gasteiger partial charge in [0, 0.05) is 54.9 Å². The van der Waals surface area contributed by atoms with Crippen LogP contribution in [0, 0.1) is 11.7 Å². The Kier molecular flexibility index (Phi) is 7.62. The predicted octanol–water partition coefficient (Wildman–Crippen LogP) is 5.27. The van der Waals surface area contributed by atoms with E-state index in [1.807, 2.05) is 18.7 Å². The Hall–Kier alpha value is -3.10. The monoisotopic (exact) mass is 496 g/mol. The molecule has 1 saturated heterocycles. The molecule has 0 radical (unpaired) electrons. The number of nitrogens with zero attached hydrogens (tertiary/aromatic N) is 4. The largest absolute Gasteiger partial charge is 0.339 e. The third-order valence-corrected chi connectivity index (χ3v) is 6.45. The van der Waals surface area contributed by atoms with Crippen molar-refractivity contribution in [3.63, 3.8) is 0 Å². The Bertz CT molecular complexity index is 1220. The van der Waals surface area contributed by atoms with Crippen LogP contribution >= 0.6 is 11.6 Å². The Labute approximate surface area is 210 Å². The zero-order valence-corrected chi connectivity index (χ0v) is 21.1. The molecule has 184 valence electrons. The first kappa shape index (κ1) is 25.0. The van der Waals surface area contributed by atoms with E-state index in [1.54, 1.807) is 24.7 Å². The van der Waals surface area contributed by atoms with Crippen molar-refractivity contribution >= 4 is 29.0 Å². The number of rotatable bonds is 6. The fourth-order valence-corrected chi connectivity index (χ4v) is 4.27. The molecule has 9 heteroatoms. The molecule has 2 N–H and O–H groups in total.